The number of anilines is 1. The van der Waals surface area contributed by atoms with E-state index in [4.69, 9.17) is 0 Å². The maximum absolute atomic E-state index is 12.8. The number of carbonyl (C=O) groups is 1. The first-order valence-corrected chi connectivity index (χ1v) is 9.48. The number of piperidine rings is 1. The lowest BCUT2D eigenvalue weighted by Crippen LogP contribution is -2.47. The molecule has 1 amide bonds. The lowest BCUT2D eigenvalue weighted by molar-refractivity contribution is -0.121. The van der Waals surface area contributed by atoms with Gasteiger partial charge in [0.15, 0.2) is 0 Å². The zero-order valence-electron chi connectivity index (χ0n) is 15.9. The average molecular weight is 352 g/mol. The van der Waals surface area contributed by atoms with Crippen LogP contribution < -0.4 is 5.32 Å². The highest BCUT2D eigenvalue weighted by molar-refractivity contribution is 5.94. The Bertz CT molecular complexity index is 736. The molecule has 1 saturated heterocycles. The van der Waals surface area contributed by atoms with E-state index >= 15 is 0 Å². The number of hydrogen-bond donors (Lipinski definition) is 1. The van der Waals surface area contributed by atoms with Gasteiger partial charge in [0.2, 0.25) is 5.91 Å². The Hall–Kier alpha value is -2.27. The number of hydrogen-bond acceptors (Lipinski definition) is 4. The van der Waals surface area contributed by atoms with E-state index in [0.717, 1.165) is 49.6 Å². The van der Waals surface area contributed by atoms with E-state index in [-0.39, 0.29) is 11.9 Å². The van der Waals surface area contributed by atoms with Gasteiger partial charge >= 0.3 is 0 Å². The van der Waals surface area contributed by atoms with Crippen molar-refractivity contribution in [1.82, 2.24) is 14.9 Å². The molecule has 5 heteroatoms. The van der Waals surface area contributed by atoms with Crippen LogP contribution in [0.2, 0.25) is 0 Å². The van der Waals surface area contributed by atoms with Crippen molar-refractivity contribution in [1.29, 1.82) is 0 Å². The SMILES string of the molecule is CC[C@@H](C(=O)Nc1ccc(C)cc1)N1CCC(c2ccnc(C)n2)CC1. The summed E-state index contributed by atoms with van der Waals surface area (Å²) in [4.78, 5) is 23.8. The van der Waals surface area contributed by atoms with Gasteiger partial charge < -0.3 is 5.32 Å². The number of rotatable bonds is 5. The van der Waals surface area contributed by atoms with Crippen LogP contribution >= 0.6 is 0 Å². The molecule has 1 atom stereocenters. The lowest BCUT2D eigenvalue weighted by atomic mass is 9.92. The molecular weight excluding hydrogens is 324 g/mol. The van der Waals surface area contributed by atoms with Crippen LogP contribution in [-0.2, 0) is 4.79 Å². The molecule has 5 nitrogen and oxygen atoms in total. The molecule has 0 radical (unpaired) electrons. The minimum absolute atomic E-state index is 0.0793. The Labute approximate surface area is 155 Å². The number of nitrogens with one attached hydrogen (secondary N) is 1. The molecule has 0 saturated carbocycles. The summed E-state index contributed by atoms with van der Waals surface area (Å²) in [5.74, 6) is 1.38. The quantitative estimate of drug-likeness (QED) is 0.891. The first-order valence-electron chi connectivity index (χ1n) is 9.48. The molecule has 1 fully saturated rings. The second-order valence-corrected chi connectivity index (χ2v) is 7.12. The van der Waals surface area contributed by atoms with Crippen LogP contribution in [-0.4, -0.2) is 39.9 Å². The van der Waals surface area contributed by atoms with E-state index in [9.17, 15) is 4.79 Å². The van der Waals surface area contributed by atoms with Crippen molar-refractivity contribution in [2.24, 2.45) is 0 Å². The van der Waals surface area contributed by atoms with Gasteiger partial charge in [-0.2, -0.15) is 0 Å². The van der Waals surface area contributed by atoms with Crippen molar-refractivity contribution in [2.45, 2.75) is 52.0 Å². The number of aromatic nitrogens is 2. The van der Waals surface area contributed by atoms with Crippen molar-refractivity contribution in [3.05, 3.63) is 53.6 Å². The summed E-state index contributed by atoms with van der Waals surface area (Å²) in [6.07, 6.45) is 4.72. The van der Waals surface area contributed by atoms with Crippen LogP contribution in [0.5, 0.6) is 0 Å². The van der Waals surface area contributed by atoms with Crippen LogP contribution in [0.4, 0.5) is 5.69 Å². The summed E-state index contributed by atoms with van der Waals surface area (Å²) < 4.78 is 0. The van der Waals surface area contributed by atoms with Gasteiger partial charge in [-0.25, -0.2) is 9.97 Å². The number of aryl methyl sites for hydroxylation is 2. The molecule has 26 heavy (non-hydrogen) atoms. The number of carbonyl (C=O) groups excluding carboxylic acids is 1. The van der Waals surface area contributed by atoms with Gasteiger partial charge in [0.25, 0.3) is 0 Å². The van der Waals surface area contributed by atoms with Crippen molar-refractivity contribution < 1.29 is 4.79 Å². The van der Waals surface area contributed by atoms with E-state index in [1.165, 1.54) is 5.56 Å². The van der Waals surface area contributed by atoms with Crippen LogP contribution in [0.3, 0.4) is 0 Å². The maximum atomic E-state index is 12.8. The first-order chi connectivity index (χ1) is 12.6. The zero-order valence-corrected chi connectivity index (χ0v) is 15.9. The van der Waals surface area contributed by atoms with Crippen molar-refractivity contribution in [3.63, 3.8) is 0 Å². The standard InChI is InChI=1S/C21H28N4O/c1-4-20(21(26)24-18-7-5-15(2)6-8-18)25-13-10-17(11-14-25)19-9-12-22-16(3)23-19/h5-9,12,17,20H,4,10-11,13-14H2,1-3H3,(H,24,26)/t20-/m0/s1. The van der Waals surface area contributed by atoms with Crippen LogP contribution in [0, 0.1) is 13.8 Å². The lowest BCUT2D eigenvalue weighted by Gasteiger charge is -2.36. The minimum atomic E-state index is -0.0793. The molecule has 0 bridgehead atoms. The normalized spacial score (nSPS) is 17.0. The number of benzene rings is 1. The second-order valence-electron chi connectivity index (χ2n) is 7.12. The summed E-state index contributed by atoms with van der Waals surface area (Å²) >= 11 is 0. The largest absolute Gasteiger partial charge is 0.325 e. The Morgan fingerprint density at radius 2 is 1.88 bits per heavy atom. The van der Waals surface area contributed by atoms with E-state index in [1.807, 2.05) is 50.4 Å². The third kappa shape index (κ3) is 4.47. The second kappa shape index (κ2) is 8.41. The predicted molar refractivity (Wildman–Crippen MR) is 104 cm³/mol. The molecule has 0 unspecified atom stereocenters. The third-order valence-electron chi connectivity index (χ3n) is 5.19. The molecule has 2 aromatic rings. The summed E-state index contributed by atoms with van der Waals surface area (Å²) in [5.41, 5.74) is 3.19. The fraction of sp³-hybridized carbons (Fsp3) is 0.476. The fourth-order valence-electron chi connectivity index (χ4n) is 3.68. The molecule has 3 rings (SSSR count). The maximum Gasteiger partial charge on any atom is 0.241 e. The van der Waals surface area contributed by atoms with Crippen LogP contribution in [0.15, 0.2) is 36.5 Å². The third-order valence-corrected chi connectivity index (χ3v) is 5.19. The monoisotopic (exact) mass is 352 g/mol. The highest BCUT2D eigenvalue weighted by atomic mass is 16.2. The van der Waals surface area contributed by atoms with Gasteiger partial charge in [0.05, 0.1) is 6.04 Å². The van der Waals surface area contributed by atoms with E-state index in [1.54, 1.807) is 0 Å². The van der Waals surface area contributed by atoms with Crippen molar-refractivity contribution >= 4 is 11.6 Å². The molecule has 1 aromatic heterocycles. The molecule has 1 N–H and O–H groups in total. The van der Waals surface area contributed by atoms with E-state index in [0.29, 0.717) is 5.92 Å². The summed E-state index contributed by atoms with van der Waals surface area (Å²) in [5, 5.41) is 3.07. The first kappa shape index (κ1) is 18.5. The van der Waals surface area contributed by atoms with Crippen LogP contribution in [0.25, 0.3) is 0 Å². The number of likely N-dealkylation sites (tertiary alicyclic amines) is 1. The van der Waals surface area contributed by atoms with Gasteiger partial charge in [-0.05, 0) is 64.4 Å². The highest BCUT2D eigenvalue weighted by Gasteiger charge is 2.29. The van der Waals surface area contributed by atoms with Crippen LogP contribution in [0.1, 0.15) is 49.2 Å². The number of amides is 1. The predicted octanol–water partition coefficient (Wildman–Crippen LogP) is 3.69. The molecule has 0 spiro atoms. The van der Waals surface area contributed by atoms with Gasteiger partial charge in [0, 0.05) is 23.5 Å². The molecule has 2 heterocycles. The van der Waals surface area contributed by atoms with Crippen molar-refractivity contribution in [3.8, 4) is 0 Å². The molecule has 138 valence electrons. The summed E-state index contributed by atoms with van der Waals surface area (Å²) in [6, 6.07) is 9.91. The van der Waals surface area contributed by atoms with Gasteiger partial charge in [-0.3, -0.25) is 9.69 Å². The minimum Gasteiger partial charge on any atom is -0.325 e. The fourth-order valence-corrected chi connectivity index (χ4v) is 3.68. The highest BCUT2D eigenvalue weighted by Crippen LogP contribution is 2.28. The Morgan fingerprint density at radius 3 is 2.50 bits per heavy atom. The topological polar surface area (TPSA) is 58.1 Å². The van der Waals surface area contributed by atoms with Gasteiger partial charge in [-0.1, -0.05) is 24.6 Å². The van der Waals surface area contributed by atoms with E-state index < -0.39 is 0 Å². The molecule has 1 aromatic carbocycles. The molecule has 1 aliphatic heterocycles. The Balaban J connectivity index is 1.59. The summed E-state index contributed by atoms with van der Waals surface area (Å²) in [7, 11) is 0. The molecule has 0 aliphatic carbocycles. The smallest absolute Gasteiger partial charge is 0.241 e. The Kier molecular flexibility index (Phi) is 5.99. The molecule has 1 aliphatic rings. The van der Waals surface area contributed by atoms with Gasteiger partial charge in [0.1, 0.15) is 5.82 Å². The average Bonchev–Trinajstić information content (AvgIpc) is 2.65. The van der Waals surface area contributed by atoms with E-state index in [2.05, 4.69) is 27.1 Å². The molecular formula is C21H28N4O. The van der Waals surface area contributed by atoms with Crippen molar-refractivity contribution in [2.75, 3.05) is 18.4 Å². The Morgan fingerprint density at radius 1 is 1.19 bits per heavy atom. The summed E-state index contributed by atoms with van der Waals surface area (Å²) in [6.45, 7) is 7.91. The zero-order chi connectivity index (χ0) is 18.5. The number of nitrogens with zero attached hydrogens (tertiary/aromatic N) is 3. The van der Waals surface area contributed by atoms with Gasteiger partial charge in [-0.15, -0.1) is 0 Å².